The Hall–Kier alpha value is -1.26. The fourth-order valence-corrected chi connectivity index (χ4v) is 2.00. The average Bonchev–Trinajstić information content (AvgIpc) is 2.39. The third-order valence-electron chi connectivity index (χ3n) is 3.07. The summed E-state index contributed by atoms with van der Waals surface area (Å²) in [6, 6.07) is 5.65. The molecule has 1 aromatic rings. The molecule has 114 valence electrons. The van der Waals surface area contributed by atoms with Crippen molar-refractivity contribution in [3.8, 4) is 5.75 Å². The van der Waals surface area contributed by atoms with Crippen molar-refractivity contribution >= 4 is 18.3 Å². The molecular weight excluding hydrogens is 276 g/mol. The van der Waals surface area contributed by atoms with Crippen molar-refractivity contribution in [3.63, 3.8) is 0 Å². The van der Waals surface area contributed by atoms with Gasteiger partial charge in [0.25, 0.3) is 0 Å². The van der Waals surface area contributed by atoms with Gasteiger partial charge in [0.05, 0.1) is 13.2 Å². The number of ether oxygens (including phenoxy) is 1. The second kappa shape index (κ2) is 9.61. The molecule has 5 heteroatoms. The van der Waals surface area contributed by atoms with E-state index in [4.69, 9.17) is 10.5 Å². The maximum absolute atomic E-state index is 11.7. The van der Waals surface area contributed by atoms with Crippen LogP contribution in [0, 0.1) is 6.92 Å². The van der Waals surface area contributed by atoms with Crippen LogP contribution in [0.2, 0.25) is 0 Å². The van der Waals surface area contributed by atoms with Crippen molar-refractivity contribution in [3.05, 3.63) is 29.3 Å². The quantitative estimate of drug-likeness (QED) is 0.811. The minimum atomic E-state index is -0.399. The molecule has 1 unspecified atom stereocenters. The molecule has 0 heterocycles. The molecular formula is C15H25ClN2O2. The minimum absolute atomic E-state index is 0. The smallest absolute Gasteiger partial charge is 0.236 e. The Morgan fingerprint density at radius 2 is 2.15 bits per heavy atom. The highest BCUT2D eigenvalue weighted by Crippen LogP contribution is 2.19. The molecule has 0 spiro atoms. The van der Waals surface area contributed by atoms with Crippen molar-refractivity contribution in [2.45, 2.75) is 39.2 Å². The van der Waals surface area contributed by atoms with Crippen molar-refractivity contribution in [1.82, 2.24) is 5.32 Å². The fraction of sp³-hybridized carbons (Fsp3) is 0.533. The largest absolute Gasteiger partial charge is 0.496 e. The number of carbonyl (C=O) groups excluding carboxylic acids is 1. The lowest BCUT2D eigenvalue weighted by molar-refractivity contribution is -0.122. The predicted octanol–water partition coefficient (Wildman–Crippen LogP) is 2.21. The van der Waals surface area contributed by atoms with Crippen LogP contribution in [0.25, 0.3) is 0 Å². The van der Waals surface area contributed by atoms with Crippen LogP contribution in [0.5, 0.6) is 5.75 Å². The van der Waals surface area contributed by atoms with Gasteiger partial charge in [-0.3, -0.25) is 4.79 Å². The third-order valence-corrected chi connectivity index (χ3v) is 3.07. The Labute approximate surface area is 127 Å². The van der Waals surface area contributed by atoms with E-state index in [1.807, 2.05) is 26.0 Å². The zero-order valence-electron chi connectivity index (χ0n) is 12.4. The third kappa shape index (κ3) is 5.80. The molecule has 1 atom stereocenters. The van der Waals surface area contributed by atoms with Gasteiger partial charge in [0.15, 0.2) is 0 Å². The summed E-state index contributed by atoms with van der Waals surface area (Å²) in [6.45, 7) is 4.64. The van der Waals surface area contributed by atoms with Gasteiger partial charge in [0.2, 0.25) is 5.91 Å². The lowest BCUT2D eigenvalue weighted by Crippen LogP contribution is -2.41. The predicted molar refractivity (Wildman–Crippen MR) is 84.6 cm³/mol. The molecule has 0 saturated heterocycles. The van der Waals surface area contributed by atoms with Crippen LogP contribution in [-0.2, 0) is 11.2 Å². The monoisotopic (exact) mass is 300 g/mol. The number of halogens is 1. The van der Waals surface area contributed by atoms with Crippen LogP contribution in [0.3, 0.4) is 0 Å². The van der Waals surface area contributed by atoms with Gasteiger partial charge >= 0.3 is 0 Å². The molecule has 1 rings (SSSR count). The Kier molecular flexibility index (Phi) is 9.01. The van der Waals surface area contributed by atoms with E-state index in [2.05, 4.69) is 11.4 Å². The molecule has 0 saturated carbocycles. The van der Waals surface area contributed by atoms with Gasteiger partial charge in [-0.2, -0.15) is 0 Å². The number of rotatable bonds is 7. The number of aryl methyl sites for hydroxylation is 1. The molecule has 0 aliphatic rings. The van der Waals surface area contributed by atoms with E-state index in [9.17, 15) is 4.79 Å². The van der Waals surface area contributed by atoms with Crippen LogP contribution >= 0.6 is 12.4 Å². The van der Waals surface area contributed by atoms with Crippen LogP contribution < -0.4 is 15.8 Å². The van der Waals surface area contributed by atoms with Crippen molar-refractivity contribution in [1.29, 1.82) is 0 Å². The van der Waals surface area contributed by atoms with E-state index >= 15 is 0 Å². The SMILES string of the molecule is CCCC(N)C(=O)NCCc1cc(C)ccc1OC.Cl. The molecule has 0 aromatic heterocycles. The van der Waals surface area contributed by atoms with E-state index < -0.39 is 6.04 Å². The summed E-state index contributed by atoms with van der Waals surface area (Å²) >= 11 is 0. The van der Waals surface area contributed by atoms with Crippen molar-refractivity contribution in [2.24, 2.45) is 5.73 Å². The van der Waals surface area contributed by atoms with Gasteiger partial charge in [-0.1, -0.05) is 31.0 Å². The first-order chi connectivity index (χ1) is 9.08. The second-order valence-electron chi connectivity index (χ2n) is 4.75. The first kappa shape index (κ1) is 18.7. The second-order valence-corrected chi connectivity index (χ2v) is 4.75. The van der Waals surface area contributed by atoms with Gasteiger partial charge < -0.3 is 15.8 Å². The highest BCUT2D eigenvalue weighted by atomic mass is 35.5. The topological polar surface area (TPSA) is 64.4 Å². The number of hydrogen-bond acceptors (Lipinski definition) is 3. The summed E-state index contributed by atoms with van der Waals surface area (Å²) in [6.07, 6.45) is 2.38. The zero-order valence-corrected chi connectivity index (χ0v) is 13.3. The van der Waals surface area contributed by atoms with E-state index in [0.29, 0.717) is 6.54 Å². The summed E-state index contributed by atoms with van der Waals surface area (Å²) < 4.78 is 5.31. The molecule has 1 amide bonds. The molecule has 0 fully saturated rings. The summed E-state index contributed by atoms with van der Waals surface area (Å²) in [4.78, 5) is 11.7. The highest BCUT2D eigenvalue weighted by Gasteiger charge is 2.11. The Morgan fingerprint density at radius 3 is 2.75 bits per heavy atom. The molecule has 0 bridgehead atoms. The Bertz CT molecular complexity index is 424. The maximum atomic E-state index is 11.7. The molecule has 4 nitrogen and oxygen atoms in total. The van der Waals surface area contributed by atoms with E-state index in [1.54, 1.807) is 7.11 Å². The summed E-state index contributed by atoms with van der Waals surface area (Å²) in [5.41, 5.74) is 8.04. The van der Waals surface area contributed by atoms with E-state index in [1.165, 1.54) is 5.56 Å². The number of amides is 1. The fourth-order valence-electron chi connectivity index (χ4n) is 2.00. The molecule has 3 N–H and O–H groups in total. The van der Waals surface area contributed by atoms with Gasteiger partial charge in [0.1, 0.15) is 5.75 Å². The Morgan fingerprint density at radius 1 is 1.45 bits per heavy atom. The van der Waals surface area contributed by atoms with Crippen molar-refractivity contribution in [2.75, 3.05) is 13.7 Å². The lowest BCUT2D eigenvalue weighted by atomic mass is 10.1. The normalized spacial score (nSPS) is 11.4. The Balaban J connectivity index is 0.00000361. The van der Waals surface area contributed by atoms with E-state index in [-0.39, 0.29) is 18.3 Å². The number of carbonyl (C=O) groups is 1. The van der Waals surface area contributed by atoms with E-state index in [0.717, 1.165) is 30.6 Å². The van der Waals surface area contributed by atoms with Crippen LogP contribution in [0.4, 0.5) is 0 Å². The molecule has 1 aromatic carbocycles. The van der Waals surface area contributed by atoms with Gasteiger partial charge in [-0.15, -0.1) is 12.4 Å². The number of methoxy groups -OCH3 is 1. The van der Waals surface area contributed by atoms with Crippen LogP contribution in [0.15, 0.2) is 18.2 Å². The molecule has 0 radical (unpaired) electrons. The highest BCUT2D eigenvalue weighted by molar-refractivity contribution is 5.85. The number of nitrogens with one attached hydrogen (secondary N) is 1. The van der Waals surface area contributed by atoms with Gasteiger partial charge in [0, 0.05) is 6.54 Å². The summed E-state index contributed by atoms with van der Waals surface area (Å²) in [5.74, 6) is 0.783. The molecule has 20 heavy (non-hydrogen) atoms. The first-order valence-corrected chi connectivity index (χ1v) is 6.75. The molecule has 0 aliphatic carbocycles. The van der Waals surface area contributed by atoms with Crippen molar-refractivity contribution < 1.29 is 9.53 Å². The number of nitrogens with two attached hydrogens (primary N) is 1. The first-order valence-electron chi connectivity index (χ1n) is 6.75. The van der Waals surface area contributed by atoms with Gasteiger partial charge in [-0.25, -0.2) is 0 Å². The maximum Gasteiger partial charge on any atom is 0.236 e. The summed E-state index contributed by atoms with van der Waals surface area (Å²) in [5, 5.41) is 2.87. The lowest BCUT2D eigenvalue weighted by Gasteiger charge is -2.13. The molecule has 0 aliphatic heterocycles. The average molecular weight is 301 g/mol. The standard InChI is InChI=1S/C15H24N2O2.ClH/c1-4-5-13(16)15(18)17-9-8-12-10-11(2)6-7-14(12)19-3;/h6-7,10,13H,4-5,8-9,16H2,1-3H3,(H,17,18);1H. The number of benzene rings is 1. The van der Waals surface area contributed by atoms with Gasteiger partial charge in [-0.05, 0) is 31.4 Å². The minimum Gasteiger partial charge on any atom is -0.496 e. The number of hydrogen-bond donors (Lipinski definition) is 2. The van der Waals surface area contributed by atoms with Crippen LogP contribution in [-0.4, -0.2) is 25.6 Å². The van der Waals surface area contributed by atoms with Crippen LogP contribution in [0.1, 0.15) is 30.9 Å². The summed E-state index contributed by atoms with van der Waals surface area (Å²) in [7, 11) is 1.66. The zero-order chi connectivity index (χ0) is 14.3.